The smallest absolute Gasteiger partial charge is 0.134 e. The molecule has 3 N–H and O–H groups in total. The topological polar surface area (TPSA) is 51.2 Å². The van der Waals surface area contributed by atoms with Crippen molar-refractivity contribution in [2.75, 3.05) is 0 Å². The second-order valence-electron chi connectivity index (χ2n) is 5.35. The summed E-state index contributed by atoms with van der Waals surface area (Å²) in [7, 11) is 0. The van der Waals surface area contributed by atoms with Crippen LogP contribution in [0.2, 0.25) is 0 Å². The average Bonchev–Trinajstić information content (AvgIpc) is 2.81. The largest absolute Gasteiger partial charge is 0.459 e. The minimum atomic E-state index is -0.172. The Hall–Kier alpha value is -1.62. The maximum atomic E-state index is 5.95. The summed E-state index contributed by atoms with van der Waals surface area (Å²) in [6.07, 6.45) is 0. The van der Waals surface area contributed by atoms with Gasteiger partial charge in [-0.3, -0.25) is 5.84 Å². The zero-order chi connectivity index (χ0) is 15.0. The lowest BCUT2D eigenvalue weighted by atomic mass is 10.0. The fourth-order valence-electron chi connectivity index (χ4n) is 2.60. The molecule has 21 heavy (non-hydrogen) atoms. The Morgan fingerprint density at radius 3 is 2.57 bits per heavy atom. The molecule has 1 unspecified atom stereocenters. The van der Waals surface area contributed by atoms with Crippen LogP contribution in [0.15, 0.2) is 51.4 Å². The average molecular weight is 345 g/mol. The lowest BCUT2D eigenvalue weighted by molar-refractivity contribution is 0.477. The number of fused-ring (bicyclic) bond motifs is 1. The van der Waals surface area contributed by atoms with Crippen LogP contribution < -0.4 is 11.3 Å². The fraction of sp³-hybridized carbons (Fsp3) is 0.176. The Morgan fingerprint density at radius 2 is 1.86 bits per heavy atom. The van der Waals surface area contributed by atoms with Gasteiger partial charge in [0.1, 0.15) is 17.4 Å². The highest BCUT2D eigenvalue weighted by Crippen LogP contribution is 2.30. The number of hydrogen-bond donors (Lipinski definition) is 2. The summed E-state index contributed by atoms with van der Waals surface area (Å²) in [5, 5.41) is 1.09. The lowest BCUT2D eigenvalue weighted by Crippen LogP contribution is -2.28. The van der Waals surface area contributed by atoms with Crippen molar-refractivity contribution in [1.29, 1.82) is 0 Å². The highest BCUT2D eigenvalue weighted by molar-refractivity contribution is 9.10. The van der Waals surface area contributed by atoms with E-state index in [-0.39, 0.29) is 6.04 Å². The van der Waals surface area contributed by atoms with E-state index in [4.69, 9.17) is 10.3 Å². The van der Waals surface area contributed by atoms with Crippen molar-refractivity contribution in [3.05, 3.63) is 69.4 Å². The van der Waals surface area contributed by atoms with Crippen LogP contribution in [0.4, 0.5) is 0 Å². The van der Waals surface area contributed by atoms with E-state index < -0.39 is 0 Å². The molecule has 0 aliphatic rings. The second kappa shape index (κ2) is 5.64. The number of hydrogen-bond acceptors (Lipinski definition) is 3. The molecule has 0 radical (unpaired) electrons. The van der Waals surface area contributed by atoms with Gasteiger partial charge in [-0.2, -0.15) is 0 Å². The number of hydrazine groups is 1. The van der Waals surface area contributed by atoms with Crippen LogP contribution in [0.1, 0.15) is 28.5 Å². The van der Waals surface area contributed by atoms with Crippen LogP contribution in [0.5, 0.6) is 0 Å². The maximum Gasteiger partial charge on any atom is 0.134 e. The minimum Gasteiger partial charge on any atom is -0.459 e. The summed E-state index contributed by atoms with van der Waals surface area (Å²) >= 11 is 3.53. The Morgan fingerprint density at radius 1 is 1.05 bits per heavy atom. The first-order valence-electron chi connectivity index (χ1n) is 6.80. The SMILES string of the molecule is Cc1cc(Br)cc(C(NN)c2cc3cc(C)ccc3o2)c1. The predicted molar refractivity (Wildman–Crippen MR) is 89.0 cm³/mol. The highest BCUT2D eigenvalue weighted by atomic mass is 79.9. The van der Waals surface area contributed by atoms with Gasteiger partial charge in [-0.15, -0.1) is 0 Å². The number of furan rings is 1. The van der Waals surface area contributed by atoms with Crippen molar-refractivity contribution in [2.45, 2.75) is 19.9 Å². The van der Waals surface area contributed by atoms with Gasteiger partial charge >= 0.3 is 0 Å². The van der Waals surface area contributed by atoms with Crippen LogP contribution in [-0.4, -0.2) is 0 Å². The minimum absolute atomic E-state index is 0.172. The molecular formula is C17H17BrN2O. The standard InChI is InChI=1S/C17H17BrN2O/c1-10-3-4-15-12(5-10)9-16(21-15)17(20-19)13-6-11(2)7-14(18)8-13/h3-9,17,20H,19H2,1-2H3. The fourth-order valence-corrected chi connectivity index (χ4v) is 3.22. The maximum absolute atomic E-state index is 5.95. The van der Waals surface area contributed by atoms with Crippen LogP contribution in [0.3, 0.4) is 0 Å². The number of nitrogens with one attached hydrogen (secondary N) is 1. The molecule has 1 atom stereocenters. The quantitative estimate of drug-likeness (QED) is 0.548. The van der Waals surface area contributed by atoms with E-state index in [1.165, 1.54) is 11.1 Å². The Kier molecular flexibility index (Phi) is 3.85. The van der Waals surface area contributed by atoms with Crippen LogP contribution >= 0.6 is 15.9 Å². The van der Waals surface area contributed by atoms with Gasteiger partial charge in [0.15, 0.2) is 0 Å². The molecule has 3 aromatic rings. The molecule has 0 fully saturated rings. The van der Waals surface area contributed by atoms with Gasteiger partial charge in [-0.05, 0) is 55.3 Å². The number of halogens is 1. The Balaban J connectivity index is 2.08. The van der Waals surface area contributed by atoms with E-state index in [2.05, 4.69) is 59.5 Å². The van der Waals surface area contributed by atoms with Crippen molar-refractivity contribution >= 4 is 26.9 Å². The van der Waals surface area contributed by atoms with E-state index in [0.717, 1.165) is 26.8 Å². The molecule has 3 rings (SSSR count). The zero-order valence-corrected chi connectivity index (χ0v) is 13.6. The van der Waals surface area contributed by atoms with Gasteiger partial charge in [0.05, 0.1) is 0 Å². The zero-order valence-electron chi connectivity index (χ0n) is 12.0. The summed E-state index contributed by atoms with van der Waals surface area (Å²) in [4.78, 5) is 0. The first-order chi connectivity index (χ1) is 10.1. The molecule has 0 saturated heterocycles. The lowest BCUT2D eigenvalue weighted by Gasteiger charge is -2.14. The molecule has 0 aliphatic heterocycles. The predicted octanol–water partition coefficient (Wildman–Crippen LogP) is 4.36. The third-order valence-electron chi connectivity index (χ3n) is 3.54. The van der Waals surface area contributed by atoms with Crippen LogP contribution in [0, 0.1) is 13.8 Å². The molecule has 3 nitrogen and oxygen atoms in total. The molecular weight excluding hydrogens is 328 g/mol. The van der Waals surface area contributed by atoms with Gasteiger partial charge in [-0.25, -0.2) is 5.43 Å². The molecule has 0 saturated carbocycles. The van der Waals surface area contributed by atoms with E-state index in [1.54, 1.807) is 0 Å². The molecule has 108 valence electrons. The molecule has 1 aromatic heterocycles. The van der Waals surface area contributed by atoms with Gasteiger partial charge in [0.25, 0.3) is 0 Å². The molecule has 0 spiro atoms. The van der Waals surface area contributed by atoms with Gasteiger partial charge in [0, 0.05) is 9.86 Å². The summed E-state index contributed by atoms with van der Waals surface area (Å²) in [6, 6.07) is 14.2. The third-order valence-corrected chi connectivity index (χ3v) is 4.00. The van der Waals surface area contributed by atoms with E-state index >= 15 is 0 Å². The number of nitrogens with two attached hydrogens (primary N) is 1. The van der Waals surface area contributed by atoms with Gasteiger partial charge < -0.3 is 4.42 Å². The van der Waals surface area contributed by atoms with Crippen molar-refractivity contribution in [1.82, 2.24) is 5.43 Å². The summed E-state index contributed by atoms with van der Waals surface area (Å²) in [5.41, 5.74) is 7.18. The third kappa shape index (κ3) is 2.88. The molecule has 0 aliphatic carbocycles. The van der Waals surface area contributed by atoms with Gasteiger partial charge in [0.2, 0.25) is 0 Å². The monoisotopic (exact) mass is 344 g/mol. The van der Waals surface area contributed by atoms with Crippen LogP contribution in [0.25, 0.3) is 11.0 Å². The highest BCUT2D eigenvalue weighted by Gasteiger charge is 2.18. The second-order valence-corrected chi connectivity index (χ2v) is 6.27. The summed E-state index contributed by atoms with van der Waals surface area (Å²) in [5.74, 6) is 6.58. The Bertz CT molecular complexity index is 774. The molecule has 2 aromatic carbocycles. The number of rotatable bonds is 3. The van der Waals surface area contributed by atoms with Gasteiger partial charge in [-0.1, -0.05) is 33.6 Å². The van der Waals surface area contributed by atoms with E-state index in [9.17, 15) is 0 Å². The summed E-state index contributed by atoms with van der Waals surface area (Å²) < 4.78 is 6.98. The van der Waals surface area contributed by atoms with Crippen molar-refractivity contribution < 1.29 is 4.42 Å². The summed E-state index contributed by atoms with van der Waals surface area (Å²) in [6.45, 7) is 4.13. The van der Waals surface area contributed by atoms with E-state index in [0.29, 0.717) is 0 Å². The van der Waals surface area contributed by atoms with Crippen molar-refractivity contribution in [3.63, 3.8) is 0 Å². The normalized spacial score (nSPS) is 12.8. The first kappa shape index (κ1) is 14.3. The Labute approximate surface area is 132 Å². The van der Waals surface area contributed by atoms with Crippen LogP contribution in [-0.2, 0) is 0 Å². The number of aryl methyl sites for hydroxylation is 2. The van der Waals surface area contributed by atoms with Crippen molar-refractivity contribution in [2.24, 2.45) is 5.84 Å². The molecule has 0 amide bonds. The number of benzene rings is 2. The molecule has 0 bridgehead atoms. The van der Waals surface area contributed by atoms with Crippen molar-refractivity contribution in [3.8, 4) is 0 Å². The molecule has 4 heteroatoms. The molecule has 1 heterocycles. The first-order valence-corrected chi connectivity index (χ1v) is 7.59. The van der Waals surface area contributed by atoms with E-state index in [1.807, 2.05) is 18.2 Å².